The molecule has 1 saturated heterocycles. The summed E-state index contributed by atoms with van der Waals surface area (Å²) in [6.07, 6.45) is 1.37. The van der Waals surface area contributed by atoms with Crippen molar-refractivity contribution in [2.75, 3.05) is 26.7 Å². The van der Waals surface area contributed by atoms with Gasteiger partial charge in [-0.3, -0.25) is 9.69 Å². The molecule has 1 aliphatic rings. The summed E-state index contributed by atoms with van der Waals surface area (Å²) in [6.45, 7) is 2.82. The molecule has 2 heterocycles. The molecule has 2 rings (SSSR count). The van der Waals surface area contributed by atoms with Crippen LogP contribution in [0.15, 0.2) is 10.9 Å². The standard InChI is InChI=1S/C9H15N5O2/c1-10-9(15)7-4-11-2-3-14(7)5-8-12-6-13-16-8/h6-7,11H,2-5H2,1H3,(H,10,15). The summed E-state index contributed by atoms with van der Waals surface area (Å²) in [7, 11) is 1.64. The smallest absolute Gasteiger partial charge is 0.240 e. The lowest BCUT2D eigenvalue weighted by molar-refractivity contribution is -0.126. The molecule has 1 aliphatic heterocycles. The van der Waals surface area contributed by atoms with Crippen molar-refractivity contribution >= 4 is 5.91 Å². The Bertz CT molecular complexity index is 340. The number of likely N-dealkylation sites (N-methyl/N-ethyl adjacent to an activating group) is 1. The van der Waals surface area contributed by atoms with Crippen molar-refractivity contribution < 1.29 is 9.32 Å². The van der Waals surface area contributed by atoms with Crippen molar-refractivity contribution in [2.24, 2.45) is 0 Å². The largest absolute Gasteiger partial charge is 0.358 e. The number of piperazine rings is 1. The molecule has 0 saturated carbocycles. The monoisotopic (exact) mass is 225 g/mol. The van der Waals surface area contributed by atoms with Crippen molar-refractivity contribution in [3.05, 3.63) is 12.2 Å². The second-order valence-electron chi connectivity index (χ2n) is 3.64. The Morgan fingerprint density at radius 3 is 3.38 bits per heavy atom. The fourth-order valence-electron chi connectivity index (χ4n) is 1.80. The SMILES string of the molecule is CNC(=O)C1CNCCN1Cc1ncno1. The number of rotatable bonds is 3. The van der Waals surface area contributed by atoms with Crippen LogP contribution in [0, 0.1) is 0 Å². The van der Waals surface area contributed by atoms with Crippen LogP contribution in [0.5, 0.6) is 0 Å². The second-order valence-corrected chi connectivity index (χ2v) is 3.64. The number of nitrogens with one attached hydrogen (secondary N) is 2. The molecule has 1 aromatic rings. The van der Waals surface area contributed by atoms with Crippen LogP contribution in [0.1, 0.15) is 5.89 Å². The van der Waals surface area contributed by atoms with Crippen molar-refractivity contribution in [1.29, 1.82) is 0 Å². The van der Waals surface area contributed by atoms with Crippen LogP contribution in [-0.4, -0.2) is 53.7 Å². The fraction of sp³-hybridized carbons (Fsp3) is 0.667. The van der Waals surface area contributed by atoms with Gasteiger partial charge in [0.15, 0.2) is 6.33 Å². The van der Waals surface area contributed by atoms with E-state index in [9.17, 15) is 4.79 Å². The van der Waals surface area contributed by atoms with Gasteiger partial charge in [0, 0.05) is 26.7 Å². The Morgan fingerprint density at radius 2 is 2.69 bits per heavy atom. The van der Waals surface area contributed by atoms with E-state index in [4.69, 9.17) is 4.52 Å². The van der Waals surface area contributed by atoms with Crippen LogP contribution in [-0.2, 0) is 11.3 Å². The Labute approximate surface area is 93.2 Å². The highest BCUT2D eigenvalue weighted by molar-refractivity contribution is 5.81. The van der Waals surface area contributed by atoms with Crippen molar-refractivity contribution in [3.63, 3.8) is 0 Å². The Morgan fingerprint density at radius 1 is 1.81 bits per heavy atom. The lowest BCUT2D eigenvalue weighted by Crippen LogP contribution is -2.56. The minimum Gasteiger partial charge on any atom is -0.358 e. The van der Waals surface area contributed by atoms with Gasteiger partial charge in [0.05, 0.1) is 6.54 Å². The van der Waals surface area contributed by atoms with E-state index in [0.29, 0.717) is 19.0 Å². The van der Waals surface area contributed by atoms with E-state index in [1.165, 1.54) is 6.33 Å². The second kappa shape index (κ2) is 5.04. The number of aromatic nitrogens is 2. The summed E-state index contributed by atoms with van der Waals surface area (Å²) in [5.74, 6) is 0.544. The van der Waals surface area contributed by atoms with E-state index < -0.39 is 0 Å². The number of amides is 1. The first-order valence-electron chi connectivity index (χ1n) is 5.23. The van der Waals surface area contributed by atoms with Gasteiger partial charge >= 0.3 is 0 Å². The van der Waals surface area contributed by atoms with E-state index in [1.807, 2.05) is 4.90 Å². The molecule has 2 N–H and O–H groups in total. The molecule has 0 spiro atoms. The van der Waals surface area contributed by atoms with Gasteiger partial charge in [0.1, 0.15) is 6.04 Å². The number of carbonyl (C=O) groups excluding carboxylic acids is 1. The third-order valence-electron chi connectivity index (χ3n) is 2.65. The molecule has 88 valence electrons. The van der Waals surface area contributed by atoms with E-state index in [1.54, 1.807) is 7.05 Å². The van der Waals surface area contributed by atoms with Crippen LogP contribution >= 0.6 is 0 Å². The Kier molecular flexibility index (Phi) is 3.47. The fourth-order valence-corrected chi connectivity index (χ4v) is 1.80. The van der Waals surface area contributed by atoms with Gasteiger partial charge in [-0.25, -0.2) is 0 Å². The predicted molar refractivity (Wildman–Crippen MR) is 55.4 cm³/mol. The molecule has 7 nitrogen and oxygen atoms in total. The van der Waals surface area contributed by atoms with Crippen molar-refractivity contribution in [1.82, 2.24) is 25.7 Å². The summed E-state index contributed by atoms with van der Waals surface area (Å²) in [4.78, 5) is 17.6. The molecule has 0 radical (unpaired) electrons. The van der Waals surface area contributed by atoms with Gasteiger partial charge in [0.25, 0.3) is 0 Å². The predicted octanol–water partition coefficient (Wildman–Crippen LogP) is -1.41. The van der Waals surface area contributed by atoms with Gasteiger partial charge < -0.3 is 15.2 Å². The van der Waals surface area contributed by atoms with Gasteiger partial charge in [-0.15, -0.1) is 0 Å². The van der Waals surface area contributed by atoms with E-state index in [0.717, 1.165) is 13.1 Å². The Balaban J connectivity index is 2.02. The Hall–Kier alpha value is -1.47. The summed E-state index contributed by atoms with van der Waals surface area (Å²) in [5.41, 5.74) is 0. The van der Waals surface area contributed by atoms with Crippen LogP contribution < -0.4 is 10.6 Å². The topological polar surface area (TPSA) is 83.3 Å². The number of hydrogen-bond donors (Lipinski definition) is 2. The van der Waals surface area contributed by atoms with Crippen LogP contribution in [0.25, 0.3) is 0 Å². The molecule has 16 heavy (non-hydrogen) atoms. The zero-order valence-corrected chi connectivity index (χ0v) is 9.14. The molecule has 1 fully saturated rings. The number of hydrogen-bond acceptors (Lipinski definition) is 6. The summed E-state index contributed by atoms with van der Waals surface area (Å²) in [6, 6.07) is -0.175. The number of carbonyl (C=O) groups is 1. The van der Waals surface area contributed by atoms with Crippen LogP contribution in [0.2, 0.25) is 0 Å². The van der Waals surface area contributed by atoms with Gasteiger partial charge in [-0.05, 0) is 0 Å². The maximum atomic E-state index is 11.6. The van der Waals surface area contributed by atoms with E-state index in [2.05, 4.69) is 20.8 Å². The average molecular weight is 225 g/mol. The van der Waals surface area contributed by atoms with E-state index >= 15 is 0 Å². The normalized spacial score (nSPS) is 21.9. The minimum absolute atomic E-state index is 0.00622. The first-order chi connectivity index (χ1) is 7.81. The molecular weight excluding hydrogens is 210 g/mol. The third-order valence-corrected chi connectivity index (χ3v) is 2.65. The van der Waals surface area contributed by atoms with Crippen LogP contribution in [0.3, 0.4) is 0 Å². The van der Waals surface area contributed by atoms with Crippen molar-refractivity contribution in [3.8, 4) is 0 Å². The molecule has 1 amide bonds. The van der Waals surface area contributed by atoms with E-state index in [-0.39, 0.29) is 11.9 Å². The molecule has 0 bridgehead atoms. The summed E-state index contributed by atoms with van der Waals surface area (Å²) in [5, 5.41) is 9.40. The molecule has 7 heteroatoms. The minimum atomic E-state index is -0.175. The highest BCUT2D eigenvalue weighted by atomic mass is 16.5. The van der Waals surface area contributed by atoms with Gasteiger partial charge in [-0.1, -0.05) is 5.16 Å². The highest BCUT2D eigenvalue weighted by Gasteiger charge is 2.28. The quantitative estimate of drug-likeness (QED) is 0.657. The third kappa shape index (κ3) is 2.37. The first kappa shape index (κ1) is 11.0. The van der Waals surface area contributed by atoms with Gasteiger partial charge in [0.2, 0.25) is 11.8 Å². The van der Waals surface area contributed by atoms with Crippen molar-refractivity contribution in [2.45, 2.75) is 12.6 Å². The van der Waals surface area contributed by atoms with Crippen LogP contribution in [0.4, 0.5) is 0 Å². The molecular formula is C9H15N5O2. The lowest BCUT2D eigenvalue weighted by Gasteiger charge is -2.33. The molecule has 0 aliphatic carbocycles. The molecule has 1 aromatic heterocycles. The zero-order chi connectivity index (χ0) is 11.4. The molecule has 0 aromatic carbocycles. The highest BCUT2D eigenvalue weighted by Crippen LogP contribution is 2.08. The average Bonchev–Trinajstić information content (AvgIpc) is 2.82. The lowest BCUT2D eigenvalue weighted by atomic mass is 10.2. The maximum Gasteiger partial charge on any atom is 0.240 e. The summed E-state index contributed by atoms with van der Waals surface area (Å²) >= 11 is 0. The molecule has 1 atom stereocenters. The first-order valence-corrected chi connectivity index (χ1v) is 5.23. The molecule has 1 unspecified atom stereocenters. The summed E-state index contributed by atoms with van der Waals surface area (Å²) < 4.78 is 4.94. The zero-order valence-electron chi connectivity index (χ0n) is 9.14. The number of nitrogens with zero attached hydrogens (tertiary/aromatic N) is 3. The van der Waals surface area contributed by atoms with Gasteiger partial charge in [-0.2, -0.15) is 4.98 Å². The maximum absolute atomic E-state index is 11.6.